The molecule has 1 heterocycles. The van der Waals surface area contributed by atoms with Gasteiger partial charge >= 0.3 is 0 Å². The van der Waals surface area contributed by atoms with Gasteiger partial charge in [0.05, 0.1) is 5.41 Å². The van der Waals surface area contributed by atoms with Crippen LogP contribution in [0.2, 0.25) is 0 Å². The van der Waals surface area contributed by atoms with Crippen LogP contribution >= 0.6 is 11.3 Å². The second-order valence-corrected chi connectivity index (χ2v) is 16.3. The molecule has 1 spiro atoms. The molecule has 2 aliphatic carbocycles. The molecule has 0 saturated heterocycles. The molecule has 272 valence electrons. The minimum absolute atomic E-state index is 0.529. The van der Waals surface area contributed by atoms with Crippen molar-refractivity contribution in [1.82, 2.24) is 0 Å². The van der Waals surface area contributed by atoms with E-state index in [0.29, 0.717) is 0 Å². The van der Waals surface area contributed by atoms with E-state index >= 15 is 0 Å². The summed E-state index contributed by atoms with van der Waals surface area (Å²) in [6, 6.07) is 80.5. The van der Waals surface area contributed by atoms with Crippen molar-refractivity contribution in [1.29, 1.82) is 0 Å². The molecule has 2 nitrogen and oxygen atoms in total. The summed E-state index contributed by atoms with van der Waals surface area (Å²) in [4.78, 5) is 4.82. The Morgan fingerprint density at radius 3 is 1.22 bits per heavy atom. The highest BCUT2D eigenvalue weighted by atomic mass is 32.1. The lowest BCUT2D eigenvalue weighted by molar-refractivity contribution is 0.793. The average Bonchev–Trinajstić information content (AvgIpc) is 3.91. The van der Waals surface area contributed by atoms with E-state index in [2.05, 4.69) is 228 Å². The van der Waals surface area contributed by atoms with E-state index in [9.17, 15) is 0 Å². The highest BCUT2D eigenvalue weighted by molar-refractivity contribution is 7.25. The minimum atomic E-state index is -0.529. The molecule has 3 heteroatoms. The number of para-hydroxylation sites is 3. The number of nitrogens with zero attached hydrogens (tertiary/aromatic N) is 2. The van der Waals surface area contributed by atoms with Gasteiger partial charge in [-0.05, 0) is 129 Å². The van der Waals surface area contributed by atoms with E-state index in [-0.39, 0.29) is 0 Å². The van der Waals surface area contributed by atoms with Gasteiger partial charge < -0.3 is 9.80 Å². The third-order valence-electron chi connectivity index (χ3n) is 12.2. The summed E-state index contributed by atoms with van der Waals surface area (Å²) in [6.07, 6.45) is 0. The lowest BCUT2D eigenvalue weighted by atomic mass is 9.70. The van der Waals surface area contributed by atoms with Crippen LogP contribution in [-0.2, 0) is 5.41 Å². The maximum Gasteiger partial charge on any atom is 0.0727 e. The maximum absolute atomic E-state index is 2.49. The number of hydrogen-bond donors (Lipinski definition) is 0. The standard InChI is InChI=1S/C55H36N2S/c1-4-16-37(17-5-1)56(38-18-6-2-7-19-38)41-28-31-45-43-22-10-13-25-49(43)55(51(45)35-41)50-26-14-11-23-44(50)46-32-29-42(36-52(46)55)57(39-20-8-3-9-21-39)40-30-33-54-48(34-40)47-24-12-15-27-53(47)58-54/h1-36H. The Hall–Kier alpha value is -7.20. The number of rotatable bonds is 6. The third kappa shape index (κ3) is 4.78. The van der Waals surface area contributed by atoms with Crippen LogP contribution in [0.3, 0.4) is 0 Å². The van der Waals surface area contributed by atoms with Crippen molar-refractivity contribution in [2.45, 2.75) is 5.41 Å². The van der Waals surface area contributed by atoms with Crippen LogP contribution in [0.5, 0.6) is 0 Å². The van der Waals surface area contributed by atoms with E-state index < -0.39 is 5.41 Å². The monoisotopic (exact) mass is 756 g/mol. The van der Waals surface area contributed by atoms with Gasteiger partial charge in [0, 0.05) is 54.3 Å². The number of hydrogen-bond acceptors (Lipinski definition) is 3. The summed E-state index contributed by atoms with van der Waals surface area (Å²) in [5.74, 6) is 0. The van der Waals surface area contributed by atoms with Crippen LogP contribution in [0.25, 0.3) is 42.4 Å². The van der Waals surface area contributed by atoms with E-state index in [0.717, 1.165) is 34.1 Å². The van der Waals surface area contributed by atoms with Crippen LogP contribution < -0.4 is 9.80 Å². The first-order chi connectivity index (χ1) is 28.8. The Labute approximate surface area is 342 Å². The van der Waals surface area contributed by atoms with Crippen LogP contribution in [0, 0.1) is 0 Å². The van der Waals surface area contributed by atoms with Gasteiger partial charge in [-0.15, -0.1) is 11.3 Å². The number of benzene rings is 9. The van der Waals surface area contributed by atoms with Crippen LogP contribution in [0.4, 0.5) is 34.1 Å². The minimum Gasteiger partial charge on any atom is -0.310 e. The Bertz CT molecular complexity index is 3140. The van der Waals surface area contributed by atoms with Gasteiger partial charge in [-0.2, -0.15) is 0 Å². The Morgan fingerprint density at radius 1 is 0.276 bits per heavy atom. The Balaban J connectivity index is 1.12. The first kappa shape index (κ1) is 33.0. The molecule has 0 fully saturated rings. The van der Waals surface area contributed by atoms with Crippen molar-refractivity contribution in [3.05, 3.63) is 241 Å². The van der Waals surface area contributed by atoms with E-state index in [1.807, 2.05) is 11.3 Å². The van der Waals surface area contributed by atoms with Gasteiger partial charge in [0.15, 0.2) is 0 Å². The van der Waals surface area contributed by atoms with Crippen molar-refractivity contribution < 1.29 is 0 Å². The molecule has 0 saturated carbocycles. The normalized spacial score (nSPS) is 14.6. The second-order valence-electron chi connectivity index (χ2n) is 15.3. The molecule has 0 radical (unpaired) electrons. The SMILES string of the molecule is c1ccc(N(c2ccccc2)c2ccc3c(c2)C2(c4ccccc4-3)c3ccccc3-c3ccc(N(c4ccccc4)c4ccc5sc6ccccc6c5c4)cc32)cc1. The summed E-state index contributed by atoms with van der Waals surface area (Å²) < 4.78 is 2.62. The molecule has 1 atom stereocenters. The quantitative estimate of drug-likeness (QED) is 0.167. The van der Waals surface area contributed by atoms with E-state index in [4.69, 9.17) is 0 Å². The molecule has 58 heavy (non-hydrogen) atoms. The van der Waals surface area contributed by atoms with Crippen molar-refractivity contribution in [3.8, 4) is 22.3 Å². The first-order valence-electron chi connectivity index (χ1n) is 19.9. The molecule has 12 rings (SSSR count). The third-order valence-corrected chi connectivity index (χ3v) is 13.4. The molecule has 0 bridgehead atoms. The Morgan fingerprint density at radius 2 is 0.672 bits per heavy atom. The van der Waals surface area contributed by atoms with Crippen LogP contribution in [0.1, 0.15) is 22.3 Å². The maximum atomic E-state index is 2.49. The number of thiophene rings is 1. The fourth-order valence-corrected chi connectivity index (χ4v) is 11.0. The van der Waals surface area contributed by atoms with Gasteiger partial charge in [-0.3, -0.25) is 0 Å². The lowest BCUT2D eigenvalue weighted by Crippen LogP contribution is -2.26. The molecule has 1 aromatic heterocycles. The molecule has 0 amide bonds. The average molecular weight is 757 g/mol. The molecule has 0 aliphatic heterocycles. The molecule has 9 aromatic carbocycles. The van der Waals surface area contributed by atoms with Gasteiger partial charge in [-0.25, -0.2) is 0 Å². The van der Waals surface area contributed by atoms with Gasteiger partial charge in [0.25, 0.3) is 0 Å². The van der Waals surface area contributed by atoms with E-state index in [1.165, 1.54) is 64.7 Å². The van der Waals surface area contributed by atoms with E-state index in [1.54, 1.807) is 0 Å². The largest absolute Gasteiger partial charge is 0.310 e. The first-order valence-corrected chi connectivity index (χ1v) is 20.7. The fourth-order valence-electron chi connectivity index (χ4n) is 9.87. The zero-order valence-electron chi connectivity index (χ0n) is 31.6. The smallest absolute Gasteiger partial charge is 0.0727 e. The summed E-state index contributed by atoms with van der Waals surface area (Å²) in [7, 11) is 0. The zero-order chi connectivity index (χ0) is 38.2. The summed E-state index contributed by atoms with van der Waals surface area (Å²) in [6.45, 7) is 0. The summed E-state index contributed by atoms with van der Waals surface area (Å²) in [5.41, 5.74) is 16.7. The molecule has 1 unspecified atom stereocenters. The lowest BCUT2D eigenvalue weighted by Gasteiger charge is -2.33. The van der Waals surface area contributed by atoms with Crippen molar-refractivity contribution in [2.75, 3.05) is 9.80 Å². The summed E-state index contributed by atoms with van der Waals surface area (Å²) in [5, 5.41) is 2.59. The molecule has 10 aromatic rings. The van der Waals surface area contributed by atoms with Crippen LogP contribution in [-0.4, -0.2) is 0 Å². The molecule has 2 aliphatic rings. The fraction of sp³-hybridized carbons (Fsp3) is 0.0182. The van der Waals surface area contributed by atoms with Crippen LogP contribution in [0.15, 0.2) is 218 Å². The predicted molar refractivity (Wildman–Crippen MR) is 245 cm³/mol. The molecule has 0 N–H and O–H groups in total. The van der Waals surface area contributed by atoms with Gasteiger partial charge in [-0.1, -0.05) is 133 Å². The Kier molecular flexibility index (Phi) is 7.35. The second kappa shape index (κ2) is 12.9. The highest BCUT2D eigenvalue weighted by Gasteiger charge is 2.52. The topological polar surface area (TPSA) is 6.48 Å². The molecular formula is C55H36N2S. The number of fused-ring (bicyclic) bond motifs is 13. The zero-order valence-corrected chi connectivity index (χ0v) is 32.4. The van der Waals surface area contributed by atoms with Crippen molar-refractivity contribution in [2.24, 2.45) is 0 Å². The predicted octanol–water partition coefficient (Wildman–Crippen LogP) is 15.3. The highest BCUT2D eigenvalue weighted by Crippen LogP contribution is 2.64. The van der Waals surface area contributed by atoms with Gasteiger partial charge in [0.2, 0.25) is 0 Å². The van der Waals surface area contributed by atoms with Gasteiger partial charge in [0.1, 0.15) is 0 Å². The number of anilines is 6. The summed E-state index contributed by atoms with van der Waals surface area (Å²) >= 11 is 1.86. The van der Waals surface area contributed by atoms with Crippen molar-refractivity contribution in [3.63, 3.8) is 0 Å². The molecular weight excluding hydrogens is 721 g/mol. The van der Waals surface area contributed by atoms with Crippen molar-refractivity contribution >= 4 is 65.6 Å².